The van der Waals surface area contributed by atoms with Crippen LogP contribution >= 0.6 is 0 Å². The van der Waals surface area contributed by atoms with Crippen molar-refractivity contribution in [2.75, 3.05) is 19.8 Å². The lowest BCUT2D eigenvalue weighted by molar-refractivity contribution is -0.0805. The smallest absolute Gasteiger partial charge is 0.140 e. The molecule has 0 spiro atoms. The Bertz CT molecular complexity index is 664. The summed E-state index contributed by atoms with van der Waals surface area (Å²) in [7, 11) is 0. The monoisotopic (exact) mass is 346 g/mol. The van der Waals surface area contributed by atoms with E-state index in [1.54, 1.807) is 0 Å². The van der Waals surface area contributed by atoms with Crippen molar-refractivity contribution in [2.45, 2.75) is 46.1 Å². The normalized spacial score (nSPS) is 21.4. The van der Waals surface area contributed by atoms with Crippen LogP contribution in [0.4, 0.5) is 0 Å². The summed E-state index contributed by atoms with van der Waals surface area (Å²) >= 11 is 0. The van der Waals surface area contributed by atoms with Crippen LogP contribution in [0.25, 0.3) is 0 Å². The molecule has 3 rings (SSSR count). The number of hydrogen-bond donors (Lipinski definition) is 1. The van der Waals surface area contributed by atoms with Gasteiger partial charge in [0.05, 0.1) is 30.6 Å². The van der Waals surface area contributed by atoms with E-state index < -0.39 is 0 Å². The summed E-state index contributed by atoms with van der Waals surface area (Å²) < 4.78 is 16.6. The van der Waals surface area contributed by atoms with E-state index in [0.29, 0.717) is 19.3 Å². The molecule has 0 saturated carbocycles. The number of aryl methyl sites for hydroxylation is 2. The first-order chi connectivity index (χ1) is 12.1. The number of morpholine rings is 1. The van der Waals surface area contributed by atoms with Crippen LogP contribution in [0.15, 0.2) is 28.8 Å². The van der Waals surface area contributed by atoms with E-state index in [4.69, 9.17) is 14.0 Å². The molecule has 25 heavy (non-hydrogen) atoms. The molecule has 0 bridgehead atoms. The standard InChI is InChI=1S/C19H26N2O4/c1-13-11-23-18(10-22)9-21(13)8-16-4-6-17(7-5-16)24-12-19-14(2)20-25-15(19)3/h4-7,13,18,22H,8-12H2,1-3H3. The highest BCUT2D eigenvalue weighted by molar-refractivity contribution is 5.28. The molecule has 6 nitrogen and oxygen atoms in total. The number of hydrogen-bond acceptors (Lipinski definition) is 6. The number of benzene rings is 1. The summed E-state index contributed by atoms with van der Waals surface area (Å²) in [6.07, 6.45) is -0.0890. The SMILES string of the molecule is Cc1noc(C)c1COc1ccc(CN2CC(CO)OCC2C)cc1. The van der Waals surface area contributed by atoms with Crippen molar-refractivity contribution in [3.05, 3.63) is 46.8 Å². The van der Waals surface area contributed by atoms with Crippen LogP contribution < -0.4 is 4.74 Å². The zero-order valence-corrected chi connectivity index (χ0v) is 15.1. The largest absolute Gasteiger partial charge is 0.489 e. The quantitative estimate of drug-likeness (QED) is 0.867. The van der Waals surface area contributed by atoms with Crippen molar-refractivity contribution in [2.24, 2.45) is 0 Å². The van der Waals surface area contributed by atoms with Gasteiger partial charge in [-0.3, -0.25) is 4.90 Å². The number of aliphatic hydroxyl groups is 1. The van der Waals surface area contributed by atoms with Crippen LogP contribution in [-0.4, -0.2) is 47.1 Å². The molecule has 136 valence electrons. The van der Waals surface area contributed by atoms with E-state index in [1.807, 2.05) is 26.0 Å². The summed E-state index contributed by atoms with van der Waals surface area (Å²) in [5, 5.41) is 13.2. The van der Waals surface area contributed by atoms with Crippen LogP contribution in [-0.2, 0) is 17.9 Å². The number of rotatable bonds is 6. The summed E-state index contributed by atoms with van der Waals surface area (Å²) in [5.74, 6) is 1.63. The van der Waals surface area contributed by atoms with Crippen molar-refractivity contribution in [3.8, 4) is 5.75 Å². The highest BCUT2D eigenvalue weighted by Crippen LogP contribution is 2.20. The lowest BCUT2D eigenvalue weighted by Crippen LogP contribution is -2.48. The highest BCUT2D eigenvalue weighted by atomic mass is 16.5. The second-order valence-electron chi connectivity index (χ2n) is 6.65. The third-order valence-corrected chi connectivity index (χ3v) is 4.71. The predicted molar refractivity (Wildman–Crippen MR) is 93.4 cm³/mol. The Balaban J connectivity index is 1.56. The molecule has 2 unspecified atom stereocenters. The molecule has 0 aliphatic carbocycles. The second-order valence-corrected chi connectivity index (χ2v) is 6.65. The number of nitrogens with zero attached hydrogens (tertiary/aromatic N) is 2. The molecule has 6 heteroatoms. The minimum Gasteiger partial charge on any atom is -0.489 e. The highest BCUT2D eigenvalue weighted by Gasteiger charge is 2.25. The lowest BCUT2D eigenvalue weighted by Gasteiger charge is -2.37. The predicted octanol–water partition coefficient (Wildman–Crippen LogP) is 2.45. The minimum atomic E-state index is -0.0890. The third-order valence-electron chi connectivity index (χ3n) is 4.71. The van der Waals surface area contributed by atoms with E-state index >= 15 is 0 Å². The van der Waals surface area contributed by atoms with E-state index in [2.05, 4.69) is 29.1 Å². The zero-order chi connectivity index (χ0) is 17.8. The molecule has 1 fully saturated rings. The topological polar surface area (TPSA) is 68.0 Å². The molecule has 1 aliphatic heterocycles. The van der Waals surface area contributed by atoms with Gasteiger partial charge in [0, 0.05) is 19.1 Å². The van der Waals surface area contributed by atoms with Gasteiger partial charge in [-0.25, -0.2) is 0 Å². The molecule has 2 heterocycles. The zero-order valence-electron chi connectivity index (χ0n) is 15.1. The lowest BCUT2D eigenvalue weighted by atomic mass is 10.1. The fourth-order valence-electron chi connectivity index (χ4n) is 2.99. The van der Waals surface area contributed by atoms with Crippen LogP contribution in [0.3, 0.4) is 0 Å². The fourth-order valence-corrected chi connectivity index (χ4v) is 2.99. The van der Waals surface area contributed by atoms with E-state index in [1.165, 1.54) is 5.56 Å². The van der Waals surface area contributed by atoms with Crippen molar-refractivity contribution in [1.29, 1.82) is 0 Å². The Morgan fingerprint density at radius 2 is 2.04 bits per heavy atom. The average Bonchev–Trinajstić information content (AvgIpc) is 2.94. The van der Waals surface area contributed by atoms with Gasteiger partial charge in [-0.1, -0.05) is 17.3 Å². The molecular weight excluding hydrogens is 320 g/mol. The molecule has 1 aliphatic rings. The number of ether oxygens (including phenoxy) is 2. The van der Waals surface area contributed by atoms with Crippen molar-refractivity contribution in [3.63, 3.8) is 0 Å². The van der Waals surface area contributed by atoms with Gasteiger partial charge < -0.3 is 19.1 Å². The number of aliphatic hydroxyl groups excluding tert-OH is 1. The molecule has 1 saturated heterocycles. The van der Waals surface area contributed by atoms with Crippen molar-refractivity contribution >= 4 is 0 Å². The van der Waals surface area contributed by atoms with Gasteiger partial charge in [-0.05, 0) is 38.5 Å². The summed E-state index contributed by atoms with van der Waals surface area (Å²) in [6.45, 7) is 8.73. The van der Waals surface area contributed by atoms with E-state index in [-0.39, 0.29) is 12.7 Å². The number of aromatic nitrogens is 1. The fraction of sp³-hybridized carbons (Fsp3) is 0.526. The summed E-state index contributed by atoms with van der Waals surface area (Å²) in [5.41, 5.74) is 3.09. The Labute approximate surface area is 148 Å². The molecule has 0 amide bonds. The molecule has 1 N–H and O–H groups in total. The maximum atomic E-state index is 9.29. The van der Waals surface area contributed by atoms with Gasteiger partial charge in [-0.15, -0.1) is 0 Å². The summed E-state index contributed by atoms with van der Waals surface area (Å²) in [6, 6.07) is 8.49. The van der Waals surface area contributed by atoms with Gasteiger partial charge >= 0.3 is 0 Å². The summed E-state index contributed by atoms with van der Waals surface area (Å²) in [4.78, 5) is 2.34. The van der Waals surface area contributed by atoms with Crippen LogP contribution in [0.2, 0.25) is 0 Å². The average molecular weight is 346 g/mol. The minimum absolute atomic E-state index is 0.0672. The van der Waals surface area contributed by atoms with Gasteiger partial charge in [0.1, 0.15) is 18.1 Å². The first kappa shape index (κ1) is 17.9. The first-order valence-electron chi connectivity index (χ1n) is 8.66. The van der Waals surface area contributed by atoms with E-state index in [0.717, 1.165) is 35.9 Å². The Hall–Kier alpha value is -1.89. The maximum Gasteiger partial charge on any atom is 0.140 e. The molecular formula is C19H26N2O4. The van der Waals surface area contributed by atoms with Crippen molar-refractivity contribution < 1.29 is 19.1 Å². The Kier molecular flexibility index (Phi) is 5.73. The van der Waals surface area contributed by atoms with Crippen LogP contribution in [0.5, 0.6) is 5.75 Å². The molecule has 1 aromatic heterocycles. The molecule has 0 radical (unpaired) electrons. The van der Waals surface area contributed by atoms with Gasteiger partial charge in [0.2, 0.25) is 0 Å². The van der Waals surface area contributed by atoms with Gasteiger partial charge in [0.25, 0.3) is 0 Å². The molecule has 1 aromatic carbocycles. The van der Waals surface area contributed by atoms with Gasteiger partial charge in [0.15, 0.2) is 0 Å². The Morgan fingerprint density at radius 1 is 1.28 bits per heavy atom. The Morgan fingerprint density at radius 3 is 2.68 bits per heavy atom. The second kappa shape index (κ2) is 7.99. The van der Waals surface area contributed by atoms with Crippen LogP contribution in [0, 0.1) is 13.8 Å². The molecule has 2 aromatic rings. The van der Waals surface area contributed by atoms with Crippen molar-refractivity contribution in [1.82, 2.24) is 10.1 Å². The maximum absolute atomic E-state index is 9.29. The van der Waals surface area contributed by atoms with Gasteiger partial charge in [-0.2, -0.15) is 0 Å². The first-order valence-corrected chi connectivity index (χ1v) is 8.66. The van der Waals surface area contributed by atoms with Crippen LogP contribution in [0.1, 0.15) is 29.5 Å². The third kappa shape index (κ3) is 4.39. The molecule has 2 atom stereocenters. The van der Waals surface area contributed by atoms with E-state index in [9.17, 15) is 5.11 Å².